The quantitative estimate of drug-likeness (QED) is 0.798. The van der Waals surface area contributed by atoms with E-state index in [1.54, 1.807) is 0 Å². The van der Waals surface area contributed by atoms with Gasteiger partial charge in [0.1, 0.15) is 5.75 Å². The minimum atomic E-state index is -0.121. The number of nitrogens with zero attached hydrogens (tertiary/aromatic N) is 1. The first-order chi connectivity index (χ1) is 9.63. The Morgan fingerprint density at radius 1 is 1.40 bits per heavy atom. The molecule has 1 aromatic heterocycles. The number of benzene rings is 1. The number of fused-ring (bicyclic) bond motifs is 1. The third kappa shape index (κ3) is 2.32. The zero-order chi connectivity index (χ0) is 14.1. The van der Waals surface area contributed by atoms with Gasteiger partial charge in [-0.25, -0.2) is 0 Å². The van der Waals surface area contributed by atoms with Gasteiger partial charge in [-0.15, -0.1) is 0 Å². The fourth-order valence-corrected chi connectivity index (χ4v) is 2.24. The van der Waals surface area contributed by atoms with Crippen molar-refractivity contribution in [3.8, 4) is 5.75 Å². The standard InChI is InChI=1S/C14H16N4O2/c1-8-14(9(2)18-17-8)15-6-10-3-4-12-11(5-10)16-13(19)7-20-12/h3-5,15H,6-7H2,1-2H3,(H,16,19)(H,17,18). The monoisotopic (exact) mass is 272 g/mol. The van der Waals surface area contributed by atoms with Crippen LogP contribution < -0.4 is 15.4 Å². The van der Waals surface area contributed by atoms with Crippen LogP contribution in [0.3, 0.4) is 0 Å². The molecule has 1 amide bonds. The van der Waals surface area contributed by atoms with E-state index >= 15 is 0 Å². The number of aryl methyl sites for hydroxylation is 2. The van der Waals surface area contributed by atoms with Crippen molar-refractivity contribution in [2.45, 2.75) is 20.4 Å². The number of anilines is 2. The molecule has 1 aromatic carbocycles. The van der Waals surface area contributed by atoms with Crippen LogP contribution in [0.25, 0.3) is 0 Å². The lowest BCUT2D eigenvalue weighted by molar-refractivity contribution is -0.118. The van der Waals surface area contributed by atoms with Gasteiger partial charge in [-0.1, -0.05) is 6.07 Å². The summed E-state index contributed by atoms with van der Waals surface area (Å²) in [6.45, 7) is 4.67. The van der Waals surface area contributed by atoms with Gasteiger partial charge in [-0.3, -0.25) is 9.89 Å². The molecule has 20 heavy (non-hydrogen) atoms. The van der Waals surface area contributed by atoms with Crippen LogP contribution >= 0.6 is 0 Å². The summed E-state index contributed by atoms with van der Waals surface area (Å²) < 4.78 is 5.33. The maximum atomic E-state index is 11.3. The van der Waals surface area contributed by atoms with Gasteiger partial charge in [0, 0.05) is 6.54 Å². The van der Waals surface area contributed by atoms with Gasteiger partial charge < -0.3 is 15.4 Å². The molecule has 3 N–H and O–H groups in total. The first kappa shape index (κ1) is 12.5. The van der Waals surface area contributed by atoms with Gasteiger partial charge in [0.05, 0.1) is 22.8 Å². The van der Waals surface area contributed by atoms with Gasteiger partial charge in [-0.2, -0.15) is 5.10 Å². The molecule has 6 nitrogen and oxygen atoms in total. The smallest absolute Gasteiger partial charge is 0.262 e. The minimum absolute atomic E-state index is 0.0814. The molecule has 0 saturated heterocycles. The number of rotatable bonds is 3. The topological polar surface area (TPSA) is 79.0 Å². The number of hydrogen-bond donors (Lipinski definition) is 3. The van der Waals surface area contributed by atoms with Crippen LogP contribution in [-0.2, 0) is 11.3 Å². The second kappa shape index (κ2) is 4.88. The molecule has 0 unspecified atom stereocenters. The average Bonchev–Trinajstić information content (AvgIpc) is 2.75. The van der Waals surface area contributed by atoms with Crippen LogP contribution in [0.4, 0.5) is 11.4 Å². The van der Waals surface area contributed by atoms with Gasteiger partial charge in [0.2, 0.25) is 0 Å². The Balaban J connectivity index is 1.75. The van der Waals surface area contributed by atoms with E-state index in [0.717, 1.165) is 28.3 Å². The number of nitrogens with one attached hydrogen (secondary N) is 3. The van der Waals surface area contributed by atoms with Crippen LogP contribution in [0.15, 0.2) is 18.2 Å². The highest BCUT2D eigenvalue weighted by Gasteiger charge is 2.16. The number of ether oxygens (including phenoxy) is 1. The molecule has 1 aliphatic rings. The van der Waals surface area contributed by atoms with Gasteiger partial charge in [0.15, 0.2) is 6.61 Å². The maximum absolute atomic E-state index is 11.3. The number of carbonyl (C=O) groups excluding carboxylic acids is 1. The van der Waals surface area contributed by atoms with Crippen molar-refractivity contribution in [3.05, 3.63) is 35.2 Å². The number of hydrogen-bond acceptors (Lipinski definition) is 4. The first-order valence-corrected chi connectivity index (χ1v) is 6.44. The van der Waals surface area contributed by atoms with E-state index in [1.165, 1.54) is 0 Å². The molecular formula is C14H16N4O2. The Bertz CT molecular complexity index is 644. The molecule has 0 fully saturated rings. The van der Waals surface area contributed by atoms with E-state index in [-0.39, 0.29) is 12.5 Å². The lowest BCUT2D eigenvalue weighted by atomic mass is 10.1. The third-order valence-electron chi connectivity index (χ3n) is 3.27. The molecule has 0 atom stereocenters. The molecule has 6 heteroatoms. The molecule has 1 aliphatic heterocycles. The van der Waals surface area contributed by atoms with E-state index in [4.69, 9.17) is 4.74 Å². The van der Waals surface area contributed by atoms with Crippen LogP contribution in [0.2, 0.25) is 0 Å². The molecule has 2 heterocycles. The number of aromatic amines is 1. The third-order valence-corrected chi connectivity index (χ3v) is 3.27. The molecule has 0 saturated carbocycles. The summed E-state index contributed by atoms with van der Waals surface area (Å²) in [6.07, 6.45) is 0. The van der Waals surface area contributed by atoms with Crippen molar-refractivity contribution >= 4 is 17.3 Å². The molecule has 2 aromatic rings. The van der Waals surface area contributed by atoms with Crippen molar-refractivity contribution < 1.29 is 9.53 Å². The fraction of sp³-hybridized carbons (Fsp3) is 0.286. The van der Waals surface area contributed by atoms with Crippen LogP contribution in [0, 0.1) is 13.8 Å². The molecular weight excluding hydrogens is 256 g/mol. The van der Waals surface area contributed by atoms with Crippen molar-refractivity contribution in [1.82, 2.24) is 10.2 Å². The van der Waals surface area contributed by atoms with Crippen LogP contribution in [0.1, 0.15) is 17.0 Å². The predicted molar refractivity (Wildman–Crippen MR) is 76.0 cm³/mol. The summed E-state index contributed by atoms with van der Waals surface area (Å²) in [5.74, 6) is 0.591. The summed E-state index contributed by atoms with van der Waals surface area (Å²) >= 11 is 0. The Hall–Kier alpha value is -2.50. The van der Waals surface area contributed by atoms with E-state index < -0.39 is 0 Å². The highest BCUT2D eigenvalue weighted by atomic mass is 16.5. The van der Waals surface area contributed by atoms with E-state index in [1.807, 2.05) is 32.0 Å². The van der Waals surface area contributed by atoms with E-state index in [0.29, 0.717) is 12.3 Å². The highest BCUT2D eigenvalue weighted by molar-refractivity contribution is 5.95. The lowest BCUT2D eigenvalue weighted by Crippen LogP contribution is -2.25. The van der Waals surface area contributed by atoms with E-state index in [9.17, 15) is 4.79 Å². The largest absolute Gasteiger partial charge is 0.482 e. The second-order valence-corrected chi connectivity index (χ2v) is 4.83. The summed E-state index contributed by atoms with van der Waals surface area (Å²) in [5.41, 5.74) is 4.76. The minimum Gasteiger partial charge on any atom is -0.482 e. The first-order valence-electron chi connectivity index (χ1n) is 6.44. The Labute approximate surface area is 116 Å². The summed E-state index contributed by atoms with van der Waals surface area (Å²) in [7, 11) is 0. The Morgan fingerprint density at radius 3 is 3.00 bits per heavy atom. The van der Waals surface area contributed by atoms with E-state index in [2.05, 4.69) is 20.8 Å². The number of H-pyrrole nitrogens is 1. The van der Waals surface area contributed by atoms with Crippen LogP contribution in [-0.4, -0.2) is 22.7 Å². The summed E-state index contributed by atoms with van der Waals surface area (Å²) in [4.78, 5) is 11.3. The lowest BCUT2D eigenvalue weighted by Gasteiger charge is -2.18. The van der Waals surface area contributed by atoms with Crippen molar-refractivity contribution in [2.75, 3.05) is 17.2 Å². The van der Waals surface area contributed by atoms with Crippen LogP contribution in [0.5, 0.6) is 5.75 Å². The summed E-state index contributed by atoms with van der Waals surface area (Å²) in [5, 5.41) is 13.2. The van der Waals surface area contributed by atoms with Crippen molar-refractivity contribution in [2.24, 2.45) is 0 Å². The molecule has 3 rings (SSSR count). The zero-order valence-electron chi connectivity index (χ0n) is 11.4. The molecule has 0 bridgehead atoms. The molecule has 104 valence electrons. The zero-order valence-corrected chi connectivity index (χ0v) is 11.4. The fourth-order valence-electron chi connectivity index (χ4n) is 2.24. The number of aromatic nitrogens is 2. The van der Waals surface area contributed by atoms with Gasteiger partial charge in [-0.05, 0) is 31.5 Å². The Morgan fingerprint density at radius 2 is 2.25 bits per heavy atom. The number of carbonyl (C=O) groups is 1. The summed E-state index contributed by atoms with van der Waals surface area (Å²) in [6, 6.07) is 5.78. The molecule has 0 radical (unpaired) electrons. The van der Waals surface area contributed by atoms with Gasteiger partial charge >= 0.3 is 0 Å². The Kier molecular flexibility index (Phi) is 3.06. The van der Waals surface area contributed by atoms with Crippen molar-refractivity contribution in [3.63, 3.8) is 0 Å². The van der Waals surface area contributed by atoms with Crippen molar-refractivity contribution in [1.29, 1.82) is 0 Å². The predicted octanol–water partition coefficient (Wildman–Crippen LogP) is 1.97. The molecule has 0 aliphatic carbocycles. The normalized spacial score (nSPS) is 13.4. The number of amides is 1. The highest BCUT2D eigenvalue weighted by Crippen LogP contribution is 2.29. The SMILES string of the molecule is Cc1n[nH]c(C)c1NCc1ccc2c(c1)NC(=O)CO2. The average molecular weight is 272 g/mol. The molecule has 0 spiro atoms. The maximum Gasteiger partial charge on any atom is 0.262 e. The second-order valence-electron chi connectivity index (χ2n) is 4.83. The van der Waals surface area contributed by atoms with Gasteiger partial charge in [0.25, 0.3) is 5.91 Å².